The van der Waals surface area contributed by atoms with Crippen molar-refractivity contribution in [2.24, 2.45) is 0 Å². The Balaban J connectivity index is 2.22. The third kappa shape index (κ3) is 2.46. The van der Waals surface area contributed by atoms with Crippen LogP contribution in [0.15, 0.2) is 44.8 Å². The molecule has 78 valence electrons. The largest absolute Gasteiger partial charge is 0.497 e. The molecule has 1 heterocycles. The predicted octanol–water partition coefficient (Wildman–Crippen LogP) is 3.49. The number of methoxy groups -OCH3 is 1. The lowest BCUT2D eigenvalue weighted by Gasteiger charge is -2.05. The van der Waals surface area contributed by atoms with Gasteiger partial charge in [0.25, 0.3) is 0 Å². The van der Waals surface area contributed by atoms with Crippen molar-refractivity contribution in [2.45, 2.75) is 9.10 Å². The van der Waals surface area contributed by atoms with Gasteiger partial charge in [0.15, 0.2) is 0 Å². The molecule has 2 aromatic rings. The molecule has 0 fully saturated rings. The van der Waals surface area contributed by atoms with Crippen LogP contribution >= 0.6 is 23.1 Å². The zero-order chi connectivity index (χ0) is 10.7. The summed E-state index contributed by atoms with van der Waals surface area (Å²) in [5, 5.41) is 2.06. The van der Waals surface area contributed by atoms with Gasteiger partial charge in [-0.25, -0.2) is 0 Å². The highest BCUT2D eigenvalue weighted by Crippen LogP contribution is 2.36. The summed E-state index contributed by atoms with van der Waals surface area (Å²) in [5.74, 6) is 0.794. The molecule has 0 radical (unpaired) electrons. The number of nitrogens with two attached hydrogens (primary N) is 1. The molecular formula is C11H11NOS2. The van der Waals surface area contributed by atoms with Gasteiger partial charge < -0.3 is 10.5 Å². The summed E-state index contributed by atoms with van der Waals surface area (Å²) < 4.78 is 6.34. The zero-order valence-corrected chi connectivity index (χ0v) is 9.90. The number of rotatable bonds is 3. The first-order chi connectivity index (χ1) is 7.29. The third-order valence-electron chi connectivity index (χ3n) is 1.92. The molecule has 0 unspecified atom stereocenters. The van der Waals surface area contributed by atoms with Gasteiger partial charge in [0.2, 0.25) is 0 Å². The van der Waals surface area contributed by atoms with E-state index in [2.05, 4.69) is 11.4 Å². The first-order valence-electron chi connectivity index (χ1n) is 4.44. The fraction of sp³-hybridized carbons (Fsp3) is 0.0909. The van der Waals surface area contributed by atoms with Gasteiger partial charge in [0, 0.05) is 16.6 Å². The molecule has 2 rings (SSSR count). The number of nitrogen functional groups attached to an aromatic ring is 1. The summed E-state index contributed by atoms with van der Waals surface area (Å²) in [6.45, 7) is 0. The Morgan fingerprint density at radius 3 is 2.80 bits per heavy atom. The van der Waals surface area contributed by atoms with Crippen LogP contribution in [0.1, 0.15) is 0 Å². The Bertz CT molecular complexity index is 440. The monoisotopic (exact) mass is 237 g/mol. The van der Waals surface area contributed by atoms with Crippen molar-refractivity contribution in [2.75, 3.05) is 12.8 Å². The Kier molecular flexibility index (Phi) is 3.18. The lowest BCUT2D eigenvalue weighted by Crippen LogP contribution is -1.90. The van der Waals surface area contributed by atoms with Crippen molar-refractivity contribution in [1.29, 1.82) is 0 Å². The summed E-state index contributed by atoms with van der Waals surface area (Å²) in [4.78, 5) is 1.07. The van der Waals surface area contributed by atoms with E-state index in [9.17, 15) is 0 Å². The Hall–Kier alpha value is -1.13. The van der Waals surface area contributed by atoms with Crippen LogP contribution in [-0.4, -0.2) is 7.11 Å². The Morgan fingerprint density at radius 1 is 1.33 bits per heavy atom. The smallest absolute Gasteiger partial charge is 0.120 e. The van der Waals surface area contributed by atoms with Gasteiger partial charge in [-0.05, 0) is 23.6 Å². The second-order valence-corrected chi connectivity index (χ2v) is 5.23. The Morgan fingerprint density at radius 2 is 2.20 bits per heavy atom. The van der Waals surface area contributed by atoms with Crippen LogP contribution in [0.4, 0.5) is 5.69 Å². The normalized spacial score (nSPS) is 10.2. The molecule has 0 aliphatic carbocycles. The lowest BCUT2D eigenvalue weighted by atomic mass is 10.3. The molecular weight excluding hydrogens is 226 g/mol. The maximum atomic E-state index is 5.92. The van der Waals surface area contributed by atoms with Gasteiger partial charge in [-0.3, -0.25) is 0 Å². The quantitative estimate of drug-likeness (QED) is 0.830. The molecule has 15 heavy (non-hydrogen) atoms. The highest BCUT2D eigenvalue weighted by molar-refractivity contribution is 8.01. The van der Waals surface area contributed by atoms with E-state index in [-0.39, 0.29) is 0 Å². The van der Waals surface area contributed by atoms with Crippen molar-refractivity contribution in [3.05, 3.63) is 35.7 Å². The number of hydrogen-bond acceptors (Lipinski definition) is 4. The van der Waals surface area contributed by atoms with Gasteiger partial charge in [0.05, 0.1) is 11.3 Å². The number of benzene rings is 1. The summed E-state index contributed by atoms with van der Waals surface area (Å²) in [6, 6.07) is 9.87. The molecule has 2 nitrogen and oxygen atoms in total. The summed E-state index contributed by atoms with van der Waals surface area (Å²) in [7, 11) is 1.64. The van der Waals surface area contributed by atoms with Crippen molar-refractivity contribution >= 4 is 28.8 Å². The summed E-state index contributed by atoms with van der Waals surface area (Å²) >= 11 is 3.39. The molecule has 0 aliphatic rings. The second-order valence-electron chi connectivity index (χ2n) is 2.94. The van der Waals surface area contributed by atoms with Crippen LogP contribution in [0.2, 0.25) is 0 Å². The van der Waals surface area contributed by atoms with E-state index in [1.165, 1.54) is 4.21 Å². The van der Waals surface area contributed by atoms with E-state index in [1.54, 1.807) is 30.2 Å². The zero-order valence-electron chi connectivity index (χ0n) is 8.27. The van der Waals surface area contributed by atoms with Gasteiger partial charge in [-0.1, -0.05) is 17.8 Å². The minimum atomic E-state index is 0.757. The molecule has 2 N–H and O–H groups in total. The minimum Gasteiger partial charge on any atom is -0.497 e. The predicted molar refractivity (Wildman–Crippen MR) is 65.8 cm³/mol. The van der Waals surface area contributed by atoms with E-state index in [0.717, 1.165) is 16.3 Å². The van der Waals surface area contributed by atoms with Crippen molar-refractivity contribution < 1.29 is 4.74 Å². The van der Waals surface area contributed by atoms with E-state index < -0.39 is 0 Å². The van der Waals surface area contributed by atoms with Gasteiger partial charge >= 0.3 is 0 Å². The number of hydrogen-bond donors (Lipinski definition) is 1. The first-order valence-corrected chi connectivity index (χ1v) is 6.14. The van der Waals surface area contributed by atoms with Crippen molar-refractivity contribution in [3.8, 4) is 5.75 Å². The van der Waals surface area contributed by atoms with Crippen LogP contribution in [0.3, 0.4) is 0 Å². The summed E-state index contributed by atoms with van der Waals surface area (Å²) in [5.41, 5.74) is 6.67. The number of thiophene rings is 1. The maximum absolute atomic E-state index is 5.92. The molecule has 1 aromatic carbocycles. The maximum Gasteiger partial charge on any atom is 0.120 e. The van der Waals surface area contributed by atoms with Crippen LogP contribution in [-0.2, 0) is 0 Å². The lowest BCUT2D eigenvalue weighted by molar-refractivity contribution is 0.415. The van der Waals surface area contributed by atoms with E-state index in [4.69, 9.17) is 10.5 Å². The highest BCUT2D eigenvalue weighted by Gasteiger charge is 2.03. The fourth-order valence-corrected chi connectivity index (χ4v) is 2.93. The van der Waals surface area contributed by atoms with Crippen molar-refractivity contribution in [3.63, 3.8) is 0 Å². The second kappa shape index (κ2) is 4.59. The average molecular weight is 237 g/mol. The molecule has 0 amide bonds. The standard InChI is InChI=1S/C11H11NOS2/c1-13-8-4-5-10(9(12)7-8)15-11-3-2-6-14-11/h2-7H,12H2,1H3. The van der Waals surface area contributed by atoms with Crippen LogP contribution in [0.5, 0.6) is 5.75 Å². The van der Waals surface area contributed by atoms with Crippen LogP contribution in [0.25, 0.3) is 0 Å². The SMILES string of the molecule is COc1ccc(Sc2cccs2)c(N)c1. The average Bonchev–Trinajstić information content (AvgIpc) is 2.74. The van der Waals surface area contributed by atoms with Crippen molar-refractivity contribution in [1.82, 2.24) is 0 Å². The molecule has 4 heteroatoms. The molecule has 0 spiro atoms. The van der Waals surface area contributed by atoms with E-state index in [0.29, 0.717) is 0 Å². The third-order valence-corrected chi connectivity index (χ3v) is 4.05. The molecule has 0 atom stereocenters. The fourth-order valence-electron chi connectivity index (χ4n) is 1.18. The topological polar surface area (TPSA) is 35.2 Å². The molecule has 0 saturated carbocycles. The molecule has 0 bridgehead atoms. The van der Waals surface area contributed by atoms with Crippen LogP contribution < -0.4 is 10.5 Å². The number of ether oxygens (including phenoxy) is 1. The van der Waals surface area contributed by atoms with Crippen LogP contribution in [0, 0.1) is 0 Å². The van der Waals surface area contributed by atoms with Gasteiger partial charge in [-0.15, -0.1) is 11.3 Å². The van der Waals surface area contributed by atoms with E-state index >= 15 is 0 Å². The van der Waals surface area contributed by atoms with E-state index in [1.807, 2.05) is 24.3 Å². The molecule has 0 aliphatic heterocycles. The number of anilines is 1. The van der Waals surface area contributed by atoms with Gasteiger partial charge in [0.1, 0.15) is 5.75 Å². The summed E-state index contributed by atoms with van der Waals surface area (Å²) in [6.07, 6.45) is 0. The molecule has 0 saturated heterocycles. The van der Waals surface area contributed by atoms with Gasteiger partial charge in [-0.2, -0.15) is 0 Å². The highest BCUT2D eigenvalue weighted by atomic mass is 32.2. The molecule has 1 aromatic heterocycles. The first kappa shape index (κ1) is 10.4. The Labute approximate surface area is 97.1 Å². The minimum absolute atomic E-state index is 0.757.